The number of rotatable bonds is 5. The van der Waals surface area contributed by atoms with Crippen molar-refractivity contribution in [2.75, 3.05) is 39.9 Å². The van der Waals surface area contributed by atoms with Gasteiger partial charge in [0.05, 0.1) is 30.9 Å². The van der Waals surface area contributed by atoms with E-state index in [-0.39, 0.29) is 0 Å². The first-order chi connectivity index (χ1) is 15.7. The molecule has 1 aromatic heterocycles. The Kier molecular flexibility index (Phi) is 6.17. The Labute approximate surface area is 190 Å². The number of likely N-dealkylation sites (tertiary alicyclic amines) is 1. The lowest BCUT2D eigenvalue weighted by atomic mass is 9.98. The summed E-state index contributed by atoms with van der Waals surface area (Å²) in [4.78, 5) is 15.1. The topological polar surface area (TPSA) is 55.1 Å². The summed E-state index contributed by atoms with van der Waals surface area (Å²) in [6.45, 7) is 7.21. The van der Waals surface area contributed by atoms with Gasteiger partial charge >= 0.3 is 0 Å². The van der Waals surface area contributed by atoms with Crippen molar-refractivity contribution in [1.29, 1.82) is 0 Å². The number of imidazole rings is 1. The zero-order valence-corrected chi connectivity index (χ0v) is 19.2. The maximum atomic E-state index is 5.73. The molecule has 0 N–H and O–H groups in total. The number of benzene rings is 1. The molecule has 3 aliphatic rings. The summed E-state index contributed by atoms with van der Waals surface area (Å²) >= 11 is 0. The van der Waals surface area contributed by atoms with Crippen LogP contribution in [0.15, 0.2) is 41.5 Å². The van der Waals surface area contributed by atoms with Gasteiger partial charge in [0.25, 0.3) is 0 Å². The number of oxime groups is 1. The normalized spacial score (nSPS) is 22.9. The molecule has 4 heterocycles. The number of hydrogen-bond donors (Lipinski definition) is 0. The molecular weight excluding hydrogens is 402 g/mol. The van der Waals surface area contributed by atoms with Crippen molar-refractivity contribution in [2.24, 2.45) is 5.16 Å². The highest BCUT2D eigenvalue weighted by Crippen LogP contribution is 2.29. The first-order valence-corrected chi connectivity index (χ1v) is 11.8. The van der Waals surface area contributed by atoms with E-state index in [1.807, 2.05) is 24.0 Å². The number of fused-ring (bicyclic) bond motifs is 1. The Hall–Kier alpha value is -2.80. The summed E-state index contributed by atoms with van der Waals surface area (Å²) in [6, 6.07) is 6.69. The van der Waals surface area contributed by atoms with Gasteiger partial charge in [0.1, 0.15) is 12.4 Å². The smallest absolute Gasteiger partial charge is 0.171 e. The van der Waals surface area contributed by atoms with E-state index in [0.717, 1.165) is 54.5 Å². The molecule has 7 heteroatoms. The van der Waals surface area contributed by atoms with E-state index in [0.29, 0.717) is 12.6 Å². The number of ether oxygens (including phenoxy) is 1. The summed E-state index contributed by atoms with van der Waals surface area (Å²) in [5.41, 5.74) is 4.32. The van der Waals surface area contributed by atoms with E-state index in [9.17, 15) is 0 Å². The van der Waals surface area contributed by atoms with Gasteiger partial charge in [0, 0.05) is 19.3 Å². The zero-order chi connectivity index (χ0) is 21.9. The standard InChI is InChI=1S/C25H33N5O2/c1-19-15-29(18-26-19)23-9-8-20(14-24(23)31-2)13-21-7-6-12-30-22(17-32-27-25(21)30)16-28-10-4-3-5-11-28/h8-9,13-15,18,22H,3-7,10-12,16-17H2,1-2H3/t22-/m0/s1. The van der Waals surface area contributed by atoms with Crippen LogP contribution in [0.1, 0.15) is 43.4 Å². The third kappa shape index (κ3) is 4.39. The van der Waals surface area contributed by atoms with Crippen LogP contribution in [0.5, 0.6) is 5.75 Å². The van der Waals surface area contributed by atoms with Gasteiger partial charge in [0.2, 0.25) is 0 Å². The van der Waals surface area contributed by atoms with Crippen molar-refractivity contribution in [3.63, 3.8) is 0 Å². The largest absolute Gasteiger partial charge is 0.495 e. The Morgan fingerprint density at radius 1 is 1.16 bits per heavy atom. The van der Waals surface area contributed by atoms with Crippen LogP contribution in [-0.4, -0.2) is 71.1 Å². The summed E-state index contributed by atoms with van der Waals surface area (Å²) in [6.07, 6.45) is 12.2. The van der Waals surface area contributed by atoms with Crippen LogP contribution < -0.4 is 4.74 Å². The van der Waals surface area contributed by atoms with Crippen molar-refractivity contribution < 1.29 is 9.57 Å². The maximum absolute atomic E-state index is 5.73. The summed E-state index contributed by atoms with van der Waals surface area (Å²) < 4.78 is 7.70. The Morgan fingerprint density at radius 3 is 2.81 bits per heavy atom. The van der Waals surface area contributed by atoms with Crippen molar-refractivity contribution in [2.45, 2.75) is 45.1 Å². The van der Waals surface area contributed by atoms with Crippen molar-refractivity contribution in [1.82, 2.24) is 19.4 Å². The van der Waals surface area contributed by atoms with E-state index in [1.54, 1.807) is 7.11 Å². The van der Waals surface area contributed by atoms with Crippen LogP contribution >= 0.6 is 0 Å². The third-order valence-corrected chi connectivity index (χ3v) is 6.72. The average Bonchev–Trinajstić information content (AvgIpc) is 3.26. The molecule has 0 saturated carbocycles. The molecule has 2 aromatic rings. The summed E-state index contributed by atoms with van der Waals surface area (Å²) in [7, 11) is 1.71. The van der Waals surface area contributed by atoms with E-state index in [4.69, 9.17) is 9.57 Å². The van der Waals surface area contributed by atoms with Crippen LogP contribution in [0.2, 0.25) is 0 Å². The molecule has 0 bridgehead atoms. The van der Waals surface area contributed by atoms with Crippen molar-refractivity contribution in [3.8, 4) is 11.4 Å². The fourth-order valence-electron chi connectivity index (χ4n) is 5.06. The molecule has 0 radical (unpaired) electrons. The minimum atomic E-state index is 0.380. The molecule has 5 rings (SSSR count). The first kappa shape index (κ1) is 21.1. The molecule has 2 saturated heterocycles. The van der Waals surface area contributed by atoms with E-state index in [1.165, 1.54) is 37.9 Å². The van der Waals surface area contributed by atoms with Crippen LogP contribution in [0.4, 0.5) is 0 Å². The molecule has 0 spiro atoms. The molecule has 1 aromatic carbocycles. The molecule has 170 valence electrons. The molecule has 32 heavy (non-hydrogen) atoms. The van der Waals surface area contributed by atoms with Crippen molar-refractivity contribution in [3.05, 3.63) is 47.6 Å². The summed E-state index contributed by atoms with van der Waals surface area (Å²) in [5.74, 6) is 1.84. The molecule has 3 aliphatic heterocycles. The van der Waals surface area contributed by atoms with Crippen LogP contribution in [-0.2, 0) is 4.84 Å². The second kappa shape index (κ2) is 9.36. The zero-order valence-electron chi connectivity index (χ0n) is 19.2. The molecule has 0 amide bonds. The number of hydrogen-bond acceptors (Lipinski definition) is 6. The lowest BCUT2D eigenvalue weighted by molar-refractivity contribution is 0.0377. The number of aromatic nitrogens is 2. The number of methoxy groups -OCH3 is 1. The third-order valence-electron chi connectivity index (χ3n) is 6.72. The van der Waals surface area contributed by atoms with Crippen LogP contribution in [0.3, 0.4) is 0 Å². The second-order valence-electron chi connectivity index (χ2n) is 9.05. The highest BCUT2D eigenvalue weighted by Gasteiger charge is 2.33. The van der Waals surface area contributed by atoms with Gasteiger partial charge in [-0.25, -0.2) is 4.98 Å². The lowest BCUT2D eigenvalue weighted by Crippen LogP contribution is -2.54. The average molecular weight is 436 g/mol. The second-order valence-corrected chi connectivity index (χ2v) is 9.05. The number of aryl methyl sites for hydroxylation is 1. The Morgan fingerprint density at radius 2 is 2.03 bits per heavy atom. The van der Waals surface area contributed by atoms with E-state index in [2.05, 4.69) is 44.2 Å². The van der Waals surface area contributed by atoms with Gasteiger partial charge in [-0.15, -0.1) is 0 Å². The monoisotopic (exact) mass is 435 g/mol. The Bertz CT molecular complexity index is 1010. The van der Waals surface area contributed by atoms with Gasteiger partial charge in [-0.3, -0.25) is 0 Å². The number of amidine groups is 1. The fourth-order valence-corrected chi connectivity index (χ4v) is 5.06. The van der Waals surface area contributed by atoms with Gasteiger partial charge in [-0.2, -0.15) is 0 Å². The molecular formula is C25H33N5O2. The predicted octanol–water partition coefficient (Wildman–Crippen LogP) is 3.87. The molecule has 1 atom stereocenters. The molecule has 0 unspecified atom stereocenters. The highest BCUT2D eigenvalue weighted by atomic mass is 16.6. The van der Waals surface area contributed by atoms with E-state index >= 15 is 0 Å². The molecule has 2 fully saturated rings. The number of piperidine rings is 2. The highest BCUT2D eigenvalue weighted by molar-refractivity contribution is 6.02. The van der Waals surface area contributed by atoms with Gasteiger partial charge in [0.15, 0.2) is 5.84 Å². The Balaban J connectivity index is 1.37. The van der Waals surface area contributed by atoms with Gasteiger partial charge < -0.3 is 23.9 Å². The SMILES string of the molecule is COc1cc(C=C2CCCN3C2=NOC[C@@H]3CN2CCCCC2)ccc1-n1cnc(C)c1. The minimum absolute atomic E-state index is 0.380. The summed E-state index contributed by atoms with van der Waals surface area (Å²) in [5, 5.41) is 4.50. The van der Waals surface area contributed by atoms with Gasteiger partial charge in [-0.05, 0) is 75.0 Å². The van der Waals surface area contributed by atoms with Gasteiger partial charge in [-0.1, -0.05) is 17.6 Å². The number of nitrogens with zero attached hydrogens (tertiary/aromatic N) is 5. The van der Waals surface area contributed by atoms with Crippen molar-refractivity contribution >= 4 is 11.9 Å². The predicted molar refractivity (Wildman–Crippen MR) is 126 cm³/mol. The molecule has 7 nitrogen and oxygen atoms in total. The first-order valence-electron chi connectivity index (χ1n) is 11.8. The lowest BCUT2D eigenvalue weighted by Gasteiger charge is -2.42. The van der Waals surface area contributed by atoms with Crippen LogP contribution in [0, 0.1) is 6.92 Å². The fraction of sp³-hybridized carbons (Fsp3) is 0.520. The molecule has 0 aliphatic carbocycles. The van der Waals surface area contributed by atoms with E-state index < -0.39 is 0 Å². The quantitative estimate of drug-likeness (QED) is 0.714. The minimum Gasteiger partial charge on any atom is -0.495 e. The van der Waals surface area contributed by atoms with Crippen LogP contribution in [0.25, 0.3) is 11.8 Å². The maximum Gasteiger partial charge on any atom is 0.171 e.